The molecule has 0 aliphatic rings. The maximum Gasteiger partial charge on any atom is 0.326 e. The number of carbonyl (C=O) groups is 2. The van der Waals surface area contributed by atoms with Crippen LogP contribution in [0.25, 0.3) is 21.0 Å². The molecular formula is C25H24N2O5S. The van der Waals surface area contributed by atoms with Crippen molar-refractivity contribution in [1.82, 2.24) is 4.57 Å². The minimum atomic E-state index is -0.425. The van der Waals surface area contributed by atoms with Gasteiger partial charge < -0.3 is 18.8 Å². The summed E-state index contributed by atoms with van der Waals surface area (Å²) in [6.07, 6.45) is 0.146. The van der Waals surface area contributed by atoms with Gasteiger partial charge in [-0.3, -0.25) is 9.59 Å². The highest BCUT2D eigenvalue weighted by Gasteiger charge is 2.19. The van der Waals surface area contributed by atoms with E-state index in [2.05, 4.69) is 4.99 Å². The molecule has 7 nitrogen and oxygen atoms in total. The zero-order valence-electron chi connectivity index (χ0n) is 18.7. The van der Waals surface area contributed by atoms with Gasteiger partial charge in [0.25, 0.3) is 5.91 Å². The second kappa shape index (κ2) is 9.87. The highest BCUT2D eigenvalue weighted by atomic mass is 32.1. The Labute approximate surface area is 194 Å². The number of rotatable bonds is 7. The van der Waals surface area contributed by atoms with E-state index in [1.54, 1.807) is 37.8 Å². The van der Waals surface area contributed by atoms with Crippen LogP contribution in [0, 0.1) is 0 Å². The lowest BCUT2D eigenvalue weighted by Crippen LogP contribution is -2.23. The van der Waals surface area contributed by atoms with E-state index in [1.807, 2.05) is 42.5 Å². The van der Waals surface area contributed by atoms with Gasteiger partial charge in [-0.15, -0.1) is 0 Å². The van der Waals surface area contributed by atoms with Crippen molar-refractivity contribution in [1.29, 1.82) is 0 Å². The number of methoxy groups -OCH3 is 2. The molecule has 3 aromatic carbocycles. The Kier molecular flexibility index (Phi) is 6.74. The summed E-state index contributed by atoms with van der Waals surface area (Å²) in [6.45, 7) is 1.91. The number of amides is 1. The molecule has 0 fully saturated rings. The second-order valence-corrected chi connectivity index (χ2v) is 8.26. The number of nitrogens with zero attached hydrogens (tertiary/aromatic N) is 2. The Hall–Kier alpha value is -3.65. The van der Waals surface area contributed by atoms with E-state index < -0.39 is 5.97 Å². The maximum absolute atomic E-state index is 12.9. The summed E-state index contributed by atoms with van der Waals surface area (Å²) < 4.78 is 18.5. The fourth-order valence-electron chi connectivity index (χ4n) is 3.69. The van der Waals surface area contributed by atoms with Crippen LogP contribution in [0.15, 0.2) is 59.6 Å². The van der Waals surface area contributed by atoms with Crippen LogP contribution in [0.3, 0.4) is 0 Å². The molecule has 1 aromatic heterocycles. The Balaban J connectivity index is 1.78. The summed E-state index contributed by atoms with van der Waals surface area (Å²) in [7, 11) is 3.12. The third kappa shape index (κ3) is 4.75. The lowest BCUT2D eigenvalue weighted by molar-refractivity contribution is -0.143. The molecule has 0 unspecified atom stereocenters. The van der Waals surface area contributed by atoms with Crippen LogP contribution >= 0.6 is 11.3 Å². The molecule has 0 atom stereocenters. The Morgan fingerprint density at radius 3 is 2.42 bits per heavy atom. The smallest absolute Gasteiger partial charge is 0.326 e. The zero-order chi connectivity index (χ0) is 23.4. The molecule has 1 amide bonds. The molecule has 4 aromatic rings. The fourth-order valence-corrected chi connectivity index (χ4v) is 4.85. The average molecular weight is 465 g/mol. The number of benzene rings is 3. The summed E-state index contributed by atoms with van der Waals surface area (Å²) >= 11 is 1.27. The predicted octanol–water partition coefficient (Wildman–Crippen LogP) is 4.11. The zero-order valence-corrected chi connectivity index (χ0v) is 19.5. The van der Waals surface area contributed by atoms with Crippen molar-refractivity contribution in [3.63, 3.8) is 0 Å². The van der Waals surface area contributed by atoms with Gasteiger partial charge in [-0.05, 0) is 35.4 Å². The van der Waals surface area contributed by atoms with E-state index in [4.69, 9.17) is 14.2 Å². The molecule has 8 heteroatoms. The molecule has 170 valence electrons. The SMILES string of the molecule is CCOC(=O)Cn1c(=NC(=O)Cc2ccc3ccccc3c2)sc2c(OC)ccc(OC)c21. The molecule has 0 N–H and O–H groups in total. The number of hydrogen-bond donors (Lipinski definition) is 0. The first-order valence-electron chi connectivity index (χ1n) is 10.5. The summed E-state index contributed by atoms with van der Waals surface area (Å²) in [5.41, 5.74) is 1.50. The quantitative estimate of drug-likeness (QED) is 0.385. The number of thiazole rings is 1. The van der Waals surface area contributed by atoms with Gasteiger partial charge in [-0.25, -0.2) is 0 Å². The Morgan fingerprint density at radius 1 is 0.970 bits per heavy atom. The predicted molar refractivity (Wildman–Crippen MR) is 128 cm³/mol. The van der Waals surface area contributed by atoms with Crippen molar-refractivity contribution < 1.29 is 23.8 Å². The van der Waals surface area contributed by atoms with Gasteiger partial charge in [0.1, 0.15) is 28.3 Å². The van der Waals surface area contributed by atoms with Crippen molar-refractivity contribution in [2.24, 2.45) is 4.99 Å². The topological polar surface area (TPSA) is 79.1 Å². The Morgan fingerprint density at radius 2 is 1.70 bits per heavy atom. The first-order chi connectivity index (χ1) is 16.0. The van der Waals surface area contributed by atoms with E-state index in [-0.39, 0.29) is 25.5 Å². The van der Waals surface area contributed by atoms with Crippen LogP contribution in [-0.4, -0.2) is 37.3 Å². The third-order valence-corrected chi connectivity index (χ3v) is 6.27. The molecule has 4 rings (SSSR count). The number of fused-ring (bicyclic) bond motifs is 2. The normalized spacial score (nSPS) is 11.7. The van der Waals surface area contributed by atoms with E-state index in [0.29, 0.717) is 21.8 Å². The molecule has 0 bridgehead atoms. The van der Waals surface area contributed by atoms with Crippen LogP contribution in [-0.2, 0) is 27.3 Å². The van der Waals surface area contributed by atoms with Crippen molar-refractivity contribution in [3.8, 4) is 11.5 Å². The molecule has 0 saturated heterocycles. The molecule has 0 radical (unpaired) electrons. The molecule has 0 aliphatic carbocycles. The molecule has 1 heterocycles. The van der Waals surface area contributed by atoms with Crippen LogP contribution in [0.1, 0.15) is 12.5 Å². The highest BCUT2D eigenvalue weighted by Crippen LogP contribution is 2.35. The van der Waals surface area contributed by atoms with Gasteiger partial charge in [0.15, 0.2) is 4.80 Å². The second-order valence-electron chi connectivity index (χ2n) is 7.29. The van der Waals surface area contributed by atoms with Crippen molar-refractivity contribution in [2.45, 2.75) is 19.9 Å². The summed E-state index contributed by atoms with van der Waals surface area (Å²) in [5.74, 6) is 0.421. The van der Waals surface area contributed by atoms with Crippen LogP contribution in [0.4, 0.5) is 0 Å². The number of hydrogen-bond acceptors (Lipinski definition) is 6. The van der Waals surface area contributed by atoms with Gasteiger partial charge in [0, 0.05) is 0 Å². The summed E-state index contributed by atoms with van der Waals surface area (Å²) in [5, 5.41) is 2.18. The maximum atomic E-state index is 12.9. The molecular weight excluding hydrogens is 440 g/mol. The number of aromatic nitrogens is 1. The highest BCUT2D eigenvalue weighted by molar-refractivity contribution is 7.16. The first-order valence-corrected chi connectivity index (χ1v) is 11.3. The lowest BCUT2D eigenvalue weighted by Gasteiger charge is -2.10. The molecule has 33 heavy (non-hydrogen) atoms. The van der Waals surface area contributed by atoms with E-state index in [1.165, 1.54) is 11.3 Å². The average Bonchev–Trinajstić information content (AvgIpc) is 3.16. The van der Waals surface area contributed by atoms with E-state index in [0.717, 1.165) is 21.0 Å². The van der Waals surface area contributed by atoms with Crippen molar-refractivity contribution >= 4 is 44.2 Å². The van der Waals surface area contributed by atoms with Crippen LogP contribution in [0.5, 0.6) is 11.5 Å². The number of carbonyl (C=O) groups excluding carboxylic acids is 2. The van der Waals surface area contributed by atoms with Gasteiger partial charge in [0.05, 0.1) is 27.2 Å². The van der Waals surface area contributed by atoms with Gasteiger partial charge in [0.2, 0.25) is 0 Å². The van der Waals surface area contributed by atoms with Crippen LogP contribution < -0.4 is 14.3 Å². The third-order valence-electron chi connectivity index (χ3n) is 5.17. The molecule has 0 saturated carbocycles. The fraction of sp³-hybridized carbons (Fsp3) is 0.240. The summed E-state index contributed by atoms with van der Waals surface area (Å²) in [4.78, 5) is 30.0. The van der Waals surface area contributed by atoms with Gasteiger partial charge in [-0.1, -0.05) is 53.8 Å². The first kappa shape index (κ1) is 22.5. The Bertz CT molecular complexity index is 1400. The van der Waals surface area contributed by atoms with Crippen LogP contribution in [0.2, 0.25) is 0 Å². The summed E-state index contributed by atoms with van der Waals surface area (Å²) in [6, 6.07) is 17.5. The van der Waals surface area contributed by atoms with E-state index in [9.17, 15) is 9.59 Å². The molecule has 0 spiro atoms. The largest absolute Gasteiger partial charge is 0.495 e. The monoisotopic (exact) mass is 464 g/mol. The number of esters is 1. The van der Waals surface area contributed by atoms with Gasteiger partial charge >= 0.3 is 5.97 Å². The minimum Gasteiger partial charge on any atom is -0.495 e. The van der Waals surface area contributed by atoms with Crippen molar-refractivity contribution in [3.05, 3.63) is 65.0 Å². The number of ether oxygens (including phenoxy) is 3. The standard InChI is InChI=1S/C25H24N2O5S/c1-4-32-22(29)15-27-23-19(30-2)11-12-20(31-3)24(23)33-25(27)26-21(28)14-16-9-10-17-7-5-6-8-18(17)13-16/h5-13H,4,14-15H2,1-3H3. The van der Waals surface area contributed by atoms with Crippen molar-refractivity contribution in [2.75, 3.05) is 20.8 Å². The molecule has 0 aliphatic heterocycles. The minimum absolute atomic E-state index is 0.0978. The lowest BCUT2D eigenvalue weighted by atomic mass is 10.1. The van der Waals surface area contributed by atoms with Gasteiger partial charge in [-0.2, -0.15) is 4.99 Å². The van der Waals surface area contributed by atoms with E-state index >= 15 is 0 Å².